The lowest BCUT2D eigenvalue weighted by Crippen LogP contribution is -2.42. The number of benzene rings is 1. The minimum atomic E-state index is -0.764. The number of hydrogen-bond acceptors (Lipinski definition) is 2. The van der Waals surface area contributed by atoms with Gasteiger partial charge in [0, 0.05) is 32.7 Å². The molecule has 0 aliphatic carbocycles. The summed E-state index contributed by atoms with van der Waals surface area (Å²) in [5, 5.41) is 9.07. The molecule has 2 aliphatic rings. The van der Waals surface area contributed by atoms with Crippen molar-refractivity contribution in [1.82, 2.24) is 9.80 Å². The van der Waals surface area contributed by atoms with Crippen LogP contribution in [0.2, 0.25) is 0 Å². The molecule has 0 spiro atoms. The Labute approximate surface area is 113 Å². The summed E-state index contributed by atoms with van der Waals surface area (Å²) in [6.07, 6.45) is 0.252. The lowest BCUT2D eigenvalue weighted by molar-refractivity contribution is 0.110. The summed E-state index contributed by atoms with van der Waals surface area (Å²) >= 11 is 0. The molecule has 1 aromatic carbocycles. The number of fused-ring (bicyclic) bond motifs is 1. The molecule has 102 valence electrons. The zero-order valence-corrected chi connectivity index (χ0v) is 11.0. The van der Waals surface area contributed by atoms with E-state index in [0.29, 0.717) is 24.9 Å². The van der Waals surface area contributed by atoms with Crippen LogP contribution in [0.1, 0.15) is 12.0 Å². The van der Waals surface area contributed by atoms with Gasteiger partial charge in [-0.15, -0.1) is 0 Å². The van der Waals surface area contributed by atoms with Crippen LogP contribution in [0.3, 0.4) is 0 Å². The van der Waals surface area contributed by atoms with Crippen LogP contribution >= 0.6 is 0 Å². The molecule has 1 N–H and O–H groups in total. The normalized spacial score (nSPS) is 27.3. The van der Waals surface area contributed by atoms with Crippen molar-refractivity contribution in [3.63, 3.8) is 0 Å². The fourth-order valence-electron chi connectivity index (χ4n) is 3.41. The fourth-order valence-corrected chi connectivity index (χ4v) is 3.41. The van der Waals surface area contributed by atoms with E-state index >= 15 is 0 Å². The first kappa shape index (κ1) is 12.5. The van der Waals surface area contributed by atoms with Gasteiger partial charge in [-0.1, -0.05) is 30.3 Å². The lowest BCUT2D eigenvalue weighted by atomic mass is 9.89. The molecule has 19 heavy (non-hydrogen) atoms. The van der Waals surface area contributed by atoms with E-state index < -0.39 is 6.09 Å². The molecule has 2 fully saturated rings. The van der Waals surface area contributed by atoms with Crippen molar-refractivity contribution in [2.45, 2.75) is 13.0 Å². The maximum absolute atomic E-state index is 11.0. The third-order valence-corrected chi connectivity index (χ3v) is 4.40. The summed E-state index contributed by atoms with van der Waals surface area (Å²) in [6.45, 7) is 4.55. The van der Waals surface area contributed by atoms with Crippen LogP contribution in [-0.2, 0) is 6.54 Å². The summed E-state index contributed by atoms with van der Waals surface area (Å²) in [6, 6.07) is 10.5. The Balaban J connectivity index is 1.59. The van der Waals surface area contributed by atoms with Gasteiger partial charge in [-0.05, 0) is 23.8 Å². The number of amides is 1. The number of likely N-dealkylation sites (tertiary alicyclic amines) is 2. The van der Waals surface area contributed by atoms with Crippen LogP contribution in [0.25, 0.3) is 0 Å². The minimum Gasteiger partial charge on any atom is -0.465 e. The summed E-state index contributed by atoms with van der Waals surface area (Å²) in [5.74, 6) is 1.20. The van der Waals surface area contributed by atoms with Crippen molar-refractivity contribution in [3.05, 3.63) is 35.9 Å². The third-order valence-electron chi connectivity index (χ3n) is 4.40. The number of rotatable bonds is 2. The highest BCUT2D eigenvalue weighted by molar-refractivity contribution is 5.65. The molecule has 0 aromatic heterocycles. The van der Waals surface area contributed by atoms with Crippen molar-refractivity contribution in [2.24, 2.45) is 11.8 Å². The van der Waals surface area contributed by atoms with Crippen LogP contribution in [0, 0.1) is 11.8 Å². The fraction of sp³-hybridized carbons (Fsp3) is 0.533. The van der Waals surface area contributed by atoms with Crippen LogP contribution in [0.4, 0.5) is 4.79 Å². The number of carboxylic acid groups (broad SMARTS) is 1. The predicted molar refractivity (Wildman–Crippen MR) is 72.9 cm³/mol. The molecule has 2 aliphatic heterocycles. The highest BCUT2D eigenvalue weighted by atomic mass is 16.4. The van der Waals surface area contributed by atoms with E-state index in [2.05, 4.69) is 29.2 Å². The Morgan fingerprint density at radius 2 is 1.89 bits per heavy atom. The number of nitrogens with zero attached hydrogens (tertiary/aromatic N) is 2. The molecular formula is C15H20N2O2. The molecule has 2 unspecified atom stereocenters. The summed E-state index contributed by atoms with van der Waals surface area (Å²) in [5.41, 5.74) is 1.34. The van der Waals surface area contributed by atoms with E-state index in [-0.39, 0.29) is 0 Å². The first-order chi connectivity index (χ1) is 9.22. The topological polar surface area (TPSA) is 43.8 Å². The van der Waals surface area contributed by atoms with E-state index in [1.165, 1.54) is 5.56 Å². The summed E-state index contributed by atoms with van der Waals surface area (Å²) in [4.78, 5) is 15.1. The molecule has 0 saturated carbocycles. The zero-order valence-electron chi connectivity index (χ0n) is 11.0. The lowest BCUT2D eigenvalue weighted by Gasteiger charge is -2.32. The number of carbonyl (C=O) groups is 1. The first-order valence-corrected chi connectivity index (χ1v) is 6.96. The van der Waals surface area contributed by atoms with E-state index in [9.17, 15) is 4.79 Å². The largest absolute Gasteiger partial charge is 0.465 e. The Hall–Kier alpha value is -1.55. The maximum Gasteiger partial charge on any atom is 0.407 e. The third kappa shape index (κ3) is 2.73. The molecule has 4 heteroatoms. The van der Waals surface area contributed by atoms with Crippen molar-refractivity contribution >= 4 is 6.09 Å². The average molecular weight is 260 g/mol. The Morgan fingerprint density at radius 3 is 2.63 bits per heavy atom. The Morgan fingerprint density at radius 1 is 1.16 bits per heavy atom. The van der Waals surface area contributed by atoms with E-state index in [1.807, 2.05) is 6.07 Å². The van der Waals surface area contributed by atoms with Crippen LogP contribution in [-0.4, -0.2) is 47.2 Å². The van der Waals surface area contributed by atoms with Gasteiger partial charge in [0.1, 0.15) is 0 Å². The van der Waals surface area contributed by atoms with Gasteiger partial charge in [0.25, 0.3) is 0 Å². The molecule has 2 saturated heterocycles. The van der Waals surface area contributed by atoms with Gasteiger partial charge in [-0.3, -0.25) is 4.90 Å². The van der Waals surface area contributed by atoms with Gasteiger partial charge < -0.3 is 10.0 Å². The van der Waals surface area contributed by atoms with Crippen molar-refractivity contribution < 1.29 is 9.90 Å². The van der Waals surface area contributed by atoms with Crippen molar-refractivity contribution in [2.75, 3.05) is 26.2 Å². The molecule has 2 heterocycles. The first-order valence-electron chi connectivity index (χ1n) is 6.96. The van der Waals surface area contributed by atoms with E-state index in [0.717, 1.165) is 26.1 Å². The SMILES string of the molecule is O=C(O)N1CCC2CN(Cc3ccccc3)CC2C1. The van der Waals surface area contributed by atoms with Gasteiger partial charge in [0.05, 0.1) is 0 Å². The number of hydrogen-bond donors (Lipinski definition) is 1. The van der Waals surface area contributed by atoms with Crippen LogP contribution in [0.15, 0.2) is 30.3 Å². The van der Waals surface area contributed by atoms with Crippen molar-refractivity contribution in [3.8, 4) is 0 Å². The molecule has 0 bridgehead atoms. The van der Waals surface area contributed by atoms with Gasteiger partial charge >= 0.3 is 6.09 Å². The highest BCUT2D eigenvalue weighted by Crippen LogP contribution is 2.31. The monoisotopic (exact) mass is 260 g/mol. The molecular weight excluding hydrogens is 240 g/mol. The summed E-state index contributed by atoms with van der Waals surface area (Å²) in [7, 11) is 0. The van der Waals surface area contributed by atoms with Gasteiger partial charge in [0.15, 0.2) is 0 Å². The molecule has 0 radical (unpaired) electrons. The quantitative estimate of drug-likeness (QED) is 0.885. The van der Waals surface area contributed by atoms with Gasteiger partial charge in [-0.2, -0.15) is 0 Å². The van der Waals surface area contributed by atoms with Gasteiger partial charge in [0.2, 0.25) is 0 Å². The average Bonchev–Trinajstić information content (AvgIpc) is 2.80. The van der Waals surface area contributed by atoms with E-state index in [1.54, 1.807) is 4.90 Å². The smallest absolute Gasteiger partial charge is 0.407 e. The molecule has 2 atom stereocenters. The second-order valence-corrected chi connectivity index (χ2v) is 5.72. The second-order valence-electron chi connectivity index (χ2n) is 5.72. The van der Waals surface area contributed by atoms with Gasteiger partial charge in [-0.25, -0.2) is 4.79 Å². The van der Waals surface area contributed by atoms with Crippen LogP contribution < -0.4 is 0 Å². The minimum absolute atomic E-state index is 0.522. The molecule has 4 nitrogen and oxygen atoms in total. The van der Waals surface area contributed by atoms with Crippen LogP contribution in [0.5, 0.6) is 0 Å². The van der Waals surface area contributed by atoms with E-state index in [4.69, 9.17) is 5.11 Å². The Kier molecular flexibility index (Phi) is 3.42. The predicted octanol–water partition coefficient (Wildman–Crippen LogP) is 2.12. The maximum atomic E-state index is 11.0. The number of piperidine rings is 1. The molecule has 3 rings (SSSR count). The molecule has 1 amide bonds. The zero-order chi connectivity index (χ0) is 13.2. The van der Waals surface area contributed by atoms with Crippen molar-refractivity contribution in [1.29, 1.82) is 0 Å². The molecule has 1 aromatic rings. The highest BCUT2D eigenvalue weighted by Gasteiger charge is 2.38. The standard InChI is InChI=1S/C15H20N2O2/c18-15(19)17-7-6-13-9-16(10-14(13)11-17)8-12-4-2-1-3-5-12/h1-5,13-14H,6-11H2,(H,18,19). The Bertz CT molecular complexity index is 449. The summed E-state index contributed by atoms with van der Waals surface area (Å²) < 4.78 is 0. The second kappa shape index (κ2) is 5.21.